The number of aromatic amines is 1. The second-order valence-electron chi connectivity index (χ2n) is 7.26. The third-order valence-corrected chi connectivity index (χ3v) is 5.89. The molecule has 1 unspecified atom stereocenters. The van der Waals surface area contributed by atoms with Crippen molar-refractivity contribution in [2.24, 2.45) is 5.41 Å². The molecule has 4 rings (SSSR count). The molecule has 2 saturated carbocycles. The molecule has 2 aromatic rings. The molecule has 1 spiro atoms. The van der Waals surface area contributed by atoms with Crippen molar-refractivity contribution in [1.82, 2.24) is 15.0 Å². The minimum Gasteiger partial charge on any atom is -0.367 e. The van der Waals surface area contributed by atoms with Crippen LogP contribution in [0.5, 0.6) is 0 Å². The van der Waals surface area contributed by atoms with E-state index < -0.39 is 0 Å². The first-order valence-electron chi connectivity index (χ1n) is 8.87. The Kier molecular flexibility index (Phi) is 3.55. The maximum absolute atomic E-state index is 4.54. The van der Waals surface area contributed by atoms with Gasteiger partial charge >= 0.3 is 0 Å². The van der Waals surface area contributed by atoms with E-state index in [0.29, 0.717) is 11.5 Å². The number of hydrogen-bond donors (Lipinski definition) is 2. The van der Waals surface area contributed by atoms with Crippen LogP contribution < -0.4 is 5.32 Å². The van der Waals surface area contributed by atoms with Gasteiger partial charge in [-0.2, -0.15) is 0 Å². The lowest BCUT2D eigenvalue weighted by Gasteiger charge is -2.33. The topological polar surface area (TPSA) is 53.6 Å². The number of aromatic nitrogens is 3. The first kappa shape index (κ1) is 14.0. The normalized spacial score (nSPS) is 24.1. The van der Waals surface area contributed by atoms with Crippen LogP contribution in [0.15, 0.2) is 12.5 Å². The molecule has 2 aromatic heterocycles. The zero-order valence-corrected chi connectivity index (χ0v) is 13.5. The Balaban J connectivity index is 1.55. The molecular weight excluding hydrogens is 272 g/mol. The van der Waals surface area contributed by atoms with Gasteiger partial charge in [-0.15, -0.1) is 0 Å². The molecule has 0 saturated heterocycles. The van der Waals surface area contributed by atoms with E-state index >= 15 is 0 Å². The number of anilines is 1. The predicted molar refractivity (Wildman–Crippen MR) is 90.0 cm³/mol. The zero-order chi connectivity index (χ0) is 15.0. The molecule has 2 aliphatic carbocycles. The molecule has 2 heterocycles. The molecule has 0 amide bonds. The second kappa shape index (κ2) is 5.56. The van der Waals surface area contributed by atoms with Gasteiger partial charge in [-0.3, -0.25) is 0 Å². The molecule has 2 fully saturated rings. The Labute approximate surface area is 132 Å². The van der Waals surface area contributed by atoms with Crippen LogP contribution in [0.4, 0.5) is 5.82 Å². The Bertz CT molecular complexity index is 654. The zero-order valence-electron chi connectivity index (χ0n) is 13.5. The highest BCUT2D eigenvalue weighted by Gasteiger charge is 2.39. The first-order valence-corrected chi connectivity index (χ1v) is 8.87. The third kappa shape index (κ3) is 2.38. The van der Waals surface area contributed by atoms with Crippen molar-refractivity contribution < 1.29 is 0 Å². The van der Waals surface area contributed by atoms with E-state index in [9.17, 15) is 0 Å². The van der Waals surface area contributed by atoms with Gasteiger partial charge in [-0.05, 0) is 49.5 Å². The lowest BCUT2D eigenvalue weighted by atomic mass is 9.73. The van der Waals surface area contributed by atoms with E-state index in [1.807, 2.05) is 0 Å². The van der Waals surface area contributed by atoms with Gasteiger partial charge in [0.25, 0.3) is 0 Å². The van der Waals surface area contributed by atoms with E-state index in [-0.39, 0.29) is 0 Å². The average Bonchev–Trinajstić information content (AvgIpc) is 3.13. The van der Waals surface area contributed by atoms with E-state index in [1.165, 1.54) is 62.3 Å². The maximum atomic E-state index is 4.54. The Morgan fingerprint density at radius 3 is 2.91 bits per heavy atom. The van der Waals surface area contributed by atoms with Crippen LogP contribution in [-0.2, 0) is 6.42 Å². The van der Waals surface area contributed by atoms with Gasteiger partial charge in [0.05, 0.1) is 5.39 Å². The van der Waals surface area contributed by atoms with Gasteiger partial charge in [-0.1, -0.05) is 26.2 Å². The van der Waals surface area contributed by atoms with Crippen molar-refractivity contribution in [3.63, 3.8) is 0 Å². The summed E-state index contributed by atoms with van der Waals surface area (Å²) < 4.78 is 0. The van der Waals surface area contributed by atoms with E-state index in [1.54, 1.807) is 6.33 Å². The van der Waals surface area contributed by atoms with Crippen LogP contribution in [0.2, 0.25) is 0 Å². The van der Waals surface area contributed by atoms with Crippen LogP contribution in [0.1, 0.15) is 63.9 Å². The molecule has 1 atom stereocenters. The Morgan fingerprint density at radius 1 is 1.23 bits per heavy atom. The van der Waals surface area contributed by atoms with Crippen molar-refractivity contribution in [2.75, 3.05) is 5.32 Å². The summed E-state index contributed by atoms with van der Waals surface area (Å²) in [5.74, 6) is 1.03. The van der Waals surface area contributed by atoms with Gasteiger partial charge < -0.3 is 10.3 Å². The van der Waals surface area contributed by atoms with Crippen molar-refractivity contribution in [3.05, 3.63) is 18.1 Å². The van der Waals surface area contributed by atoms with Crippen LogP contribution in [-0.4, -0.2) is 21.0 Å². The molecule has 0 bridgehead atoms. The number of rotatable bonds is 3. The van der Waals surface area contributed by atoms with E-state index in [4.69, 9.17) is 0 Å². The molecule has 2 aliphatic rings. The van der Waals surface area contributed by atoms with Crippen molar-refractivity contribution >= 4 is 16.9 Å². The number of fused-ring (bicyclic) bond motifs is 1. The van der Waals surface area contributed by atoms with Crippen molar-refractivity contribution in [2.45, 2.75) is 70.8 Å². The molecular formula is C18H26N4. The highest BCUT2D eigenvalue weighted by Crippen LogP contribution is 2.49. The van der Waals surface area contributed by atoms with Gasteiger partial charge in [0.1, 0.15) is 17.8 Å². The molecule has 2 N–H and O–H groups in total. The minimum atomic E-state index is 0.579. The first-order chi connectivity index (χ1) is 10.8. The summed E-state index contributed by atoms with van der Waals surface area (Å²) >= 11 is 0. The highest BCUT2D eigenvalue weighted by molar-refractivity contribution is 5.90. The fraction of sp³-hybridized carbons (Fsp3) is 0.667. The number of nitrogens with zero attached hydrogens (tertiary/aromatic N) is 2. The average molecular weight is 298 g/mol. The molecule has 0 aromatic carbocycles. The third-order valence-electron chi connectivity index (χ3n) is 5.89. The lowest BCUT2D eigenvalue weighted by Crippen LogP contribution is -2.24. The quantitative estimate of drug-likeness (QED) is 0.881. The number of H-pyrrole nitrogens is 1. The molecule has 0 aliphatic heterocycles. The summed E-state index contributed by atoms with van der Waals surface area (Å²) in [5.41, 5.74) is 2.90. The monoisotopic (exact) mass is 298 g/mol. The smallest absolute Gasteiger partial charge is 0.143 e. The highest BCUT2D eigenvalue weighted by atomic mass is 15.1. The Hall–Kier alpha value is -1.58. The largest absolute Gasteiger partial charge is 0.367 e. The van der Waals surface area contributed by atoms with E-state index in [2.05, 4.69) is 33.4 Å². The van der Waals surface area contributed by atoms with Crippen LogP contribution in [0.3, 0.4) is 0 Å². The number of hydrogen-bond acceptors (Lipinski definition) is 3. The predicted octanol–water partition coefficient (Wildman–Crippen LogP) is 4.44. The summed E-state index contributed by atoms with van der Waals surface area (Å²) in [6.45, 7) is 2.19. The summed E-state index contributed by atoms with van der Waals surface area (Å²) in [4.78, 5) is 12.2. The standard InChI is InChI=1S/C18H26N4/c1-2-13-11-19-16-15(13)17(21-12-20-16)22-14-6-9-18(10-14)7-4-3-5-8-18/h11-12,14H,2-10H2,1H3,(H2,19,20,21,22). The molecule has 4 nitrogen and oxygen atoms in total. The maximum Gasteiger partial charge on any atom is 0.143 e. The SMILES string of the molecule is CCc1c[nH]c2ncnc(NC3CCC4(CCCCC4)C3)c12. The van der Waals surface area contributed by atoms with Crippen LogP contribution in [0.25, 0.3) is 11.0 Å². The summed E-state index contributed by atoms with van der Waals surface area (Å²) in [6.07, 6.45) is 15.9. The molecule has 118 valence electrons. The molecule has 4 heteroatoms. The summed E-state index contributed by atoms with van der Waals surface area (Å²) in [5, 5.41) is 4.93. The van der Waals surface area contributed by atoms with Crippen molar-refractivity contribution in [1.29, 1.82) is 0 Å². The van der Waals surface area contributed by atoms with Gasteiger partial charge in [0, 0.05) is 12.2 Å². The van der Waals surface area contributed by atoms with Gasteiger partial charge in [0.15, 0.2) is 0 Å². The Morgan fingerprint density at radius 2 is 2.09 bits per heavy atom. The number of aryl methyl sites for hydroxylation is 1. The van der Waals surface area contributed by atoms with E-state index in [0.717, 1.165) is 17.9 Å². The van der Waals surface area contributed by atoms with Crippen LogP contribution >= 0.6 is 0 Å². The van der Waals surface area contributed by atoms with Crippen LogP contribution in [0, 0.1) is 5.41 Å². The van der Waals surface area contributed by atoms with Gasteiger partial charge in [-0.25, -0.2) is 9.97 Å². The fourth-order valence-electron chi connectivity index (χ4n) is 4.69. The summed E-state index contributed by atoms with van der Waals surface area (Å²) in [7, 11) is 0. The van der Waals surface area contributed by atoms with Crippen molar-refractivity contribution in [3.8, 4) is 0 Å². The fourth-order valence-corrected chi connectivity index (χ4v) is 4.69. The lowest BCUT2D eigenvalue weighted by molar-refractivity contribution is 0.195. The van der Waals surface area contributed by atoms with Gasteiger partial charge in [0.2, 0.25) is 0 Å². The molecule has 22 heavy (non-hydrogen) atoms. The molecule has 0 radical (unpaired) electrons. The number of nitrogens with one attached hydrogen (secondary N) is 2. The minimum absolute atomic E-state index is 0.579. The summed E-state index contributed by atoms with van der Waals surface area (Å²) in [6, 6.07) is 0.579. The second-order valence-corrected chi connectivity index (χ2v) is 7.26.